The molecule has 0 spiro atoms. The summed E-state index contributed by atoms with van der Waals surface area (Å²) in [7, 11) is 0. The van der Waals surface area contributed by atoms with Gasteiger partial charge in [-0.15, -0.1) is 0 Å². The molecule has 0 aliphatic rings. The maximum atomic E-state index is 8.82. The Morgan fingerprint density at radius 3 is 2.80 bits per heavy atom. The molecular formula is C11H15Cl2NO. The van der Waals surface area contributed by atoms with Crippen LogP contribution in [0.25, 0.3) is 0 Å². The normalized spacial score (nSPS) is 12.8. The van der Waals surface area contributed by atoms with Crippen LogP contribution in [-0.2, 0) is 6.42 Å². The Kier molecular flexibility index (Phi) is 5.40. The third kappa shape index (κ3) is 3.99. The van der Waals surface area contributed by atoms with Crippen LogP contribution in [0.3, 0.4) is 0 Å². The van der Waals surface area contributed by atoms with Crippen LogP contribution in [0.4, 0.5) is 0 Å². The molecule has 2 nitrogen and oxygen atoms in total. The van der Waals surface area contributed by atoms with Gasteiger partial charge in [-0.25, -0.2) is 0 Å². The Hall–Kier alpha value is -0.280. The first-order valence-corrected chi connectivity index (χ1v) is 5.68. The summed E-state index contributed by atoms with van der Waals surface area (Å²) in [5.41, 5.74) is 1.03. The molecule has 0 saturated heterocycles. The highest BCUT2D eigenvalue weighted by Gasteiger charge is 2.04. The van der Waals surface area contributed by atoms with E-state index in [1.165, 1.54) is 0 Å². The molecule has 0 unspecified atom stereocenters. The van der Waals surface area contributed by atoms with Crippen molar-refractivity contribution in [3.8, 4) is 0 Å². The highest BCUT2D eigenvalue weighted by molar-refractivity contribution is 6.42. The molecule has 0 aliphatic carbocycles. The Balaban J connectivity index is 2.47. The number of nitrogens with one attached hydrogen (secondary N) is 1. The van der Waals surface area contributed by atoms with Crippen molar-refractivity contribution in [3.05, 3.63) is 33.8 Å². The average Bonchev–Trinajstić information content (AvgIpc) is 2.24. The molecule has 0 fully saturated rings. The maximum absolute atomic E-state index is 8.82. The highest BCUT2D eigenvalue weighted by Crippen LogP contribution is 2.25. The van der Waals surface area contributed by atoms with Gasteiger partial charge in [0, 0.05) is 6.04 Å². The lowest BCUT2D eigenvalue weighted by atomic mass is 10.1. The van der Waals surface area contributed by atoms with E-state index in [0.29, 0.717) is 10.0 Å². The van der Waals surface area contributed by atoms with Crippen molar-refractivity contribution in [1.82, 2.24) is 5.32 Å². The highest BCUT2D eigenvalue weighted by atomic mass is 35.5. The van der Waals surface area contributed by atoms with Gasteiger partial charge in [0.15, 0.2) is 0 Å². The maximum Gasteiger partial charge on any atom is 0.0624 e. The Bertz CT molecular complexity index is 317. The van der Waals surface area contributed by atoms with Crippen LogP contribution in [0.1, 0.15) is 12.5 Å². The minimum Gasteiger partial charge on any atom is -0.395 e. The molecule has 0 radical (unpaired) electrons. The van der Waals surface area contributed by atoms with Gasteiger partial charge in [0.05, 0.1) is 16.7 Å². The number of hydrogen-bond donors (Lipinski definition) is 2. The van der Waals surface area contributed by atoms with E-state index in [9.17, 15) is 0 Å². The number of aliphatic hydroxyl groups excluding tert-OH is 1. The van der Waals surface area contributed by atoms with Crippen LogP contribution >= 0.6 is 23.2 Å². The molecule has 1 aromatic rings. The first-order chi connectivity index (χ1) is 7.15. The summed E-state index contributed by atoms with van der Waals surface area (Å²) in [4.78, 5) is 0. The van der Waals surface area contributed by atoms with Crippen LogP contribution in [0.15, 0.2) is 18.2 Å². The van der Waals surface area contributed by atoms with Crippen LogP contribution < -0.4 is 5.32 Å². The molecular weight excluding hydrogens is 233 g/mol. The average molecular weight is 248 g/mol. The fraction of sp³-hybridized carbons (Fsp3) is 0.455. The molecule has 0 heterocycles. The van der Waals surface area contributed by atoms with Crippen molar-refractivity contribution in [3.63, 3.8) is 0 Å². The molecule has 0 aromatic heterocycles. The molecule has 0 saturated carbocycles. The molecule has 0 bridgehead atoms. The second kappa shape index (κ2) is 6.33. The Morgan fingerprint density at radius 1 is 1.40 bits per heavy atom. The quantitative estimate of drug-likeness (QED) is 0.839. The first-order valence-electron chi connectivity index (χ1n) is 4.92. The summed E-state index contributed by atoms with van der Waals surface area (Å²) >= 11 is 11.9. The molecule has 1 rings (SSSR count). The van der Waals surface area contributed by atoms with Crippen molar-refractivity contribution in [2.75, 3.05) is 13.2 Å². The monoisotopic (exact) mass is 247 g/mol. The fourth-order valence-corrected chi connectivity index (χ4v) is 1.67. The topological polar surface area (TPSA) is 32.3 Å². The summed E-state index contributed by atoms with van der Waals surface area (Å²) in [5.74, 6) is 0. The second-order valence-electron chi connectivity index (χ2n) is 3.50. The van der Waals surface area contributed by atoms with Gasteiger partial charge in [-0.3, -0.25) is 0 Å². The van der Waals surface area contributed by atoms with Gasteiger partial charge in [0.25, 0.3) is 0 Å². The largest absolute Gasteiger partial charge is 0.395 e. The lowest BCUT2D eigenvalue weighted by Gasteiger charge is -2.11. The zero-order chi connectivity index (χ0) is 11.3. The van der Waals surface area contributed by atoms with Gasteiger partial charge in [0.1, 0.15) is 0 Å². The zero-order valence-electron chi connectivity index (χ0n) is 8.63. The van der Waals surface area contributed by atoms with E-state index in [1.807, 2.05) is 19.1 Å². The van der Waals surface area contributed by atoms with Gasteiger partial charge in [-0.05, 0) is 31.5 Å². The van der Waals surface area contributed by atoms with E-state index < -0.39 is 0 Å². The Labute approximate surface area is 100 Å². The molecule has 2 N–H and O–H groups in total. The minimum atomic E-state index is 0.114. The van der Waals surface area contributed by atoms with Crippen LogP contribution in [0.5, 0.6) is 0 Å². The van der Waals surface area contributed by atoms with E-state index in [-0.39, 0.29) is 12.6 Å². The van der Waals surface area contributed by atoms with E-state index >= 15 is 0 Å². The molecule has 84 valence electrons. The smallest absolute Gasteiger partial charge is 0.0624 e. The van der Waals surface area contributed by atoms with Gasteiger partial charge in [-0.1, -0.05) is 35.3 Å². The van der Waals surface area contributed by atoms with Gasteiger partial charge >= 0.3 is 0 Å². The predicted octanol–water partition coefficient (Wildman–Crippen LogP) is 2.51. The molecule has 0 amide bonds. The Morgan fingerprint density at radius 2 is 2.13 bits per heavy atom. The van der Waals surface area contributed by atoms with Crippen molar-refractivity contribution in [1.29, 1.82) is 0 Å². The molecule has 4 heteroatoms. The second-order valence-corrected chi connectivity index (χ2v) is 4.29. The van der Waals surface area contributed by atoms with Gasteiger partial charge in [-0.2, -0.15) is 0 Å². The first kappa shape index (κ1) is 12.8. The van der Waals surface area contributed by atoms with Gasteiger partial charge < -0.3 is 10.4 Å². The van der Waals surface area contributed by atoms with E-state index in [0.717, 1.165) is 18.5 Å². The van der Waals surface area contributed by atoms with Crippen molar-refractivity contribution < 1.29 is 5.11 Å². The molecule has 15 heavy (non-hydrogen) atoms. The lowest BCUT2D eigenvalue weighted by Crippen LogP contribution is -2.31. The predicted molar refractivity (Wildman–Crippen MR) is 64.7 cm³/mol. The fourth-order valence-electron chi connectivity index (χ4n) is 1.26. The number of benzene rings is 1. The standard InChI is InChI=1S/C11H15Cl2NO/c1-8(7-15)14-6-5-9-3-2-4-10(12)11(9)13/h2-4,8,14-15H,5-7H2,1H3/t8-/m0/s1. The summed E-state index contributed by atoms with van der Waals surface area (Å²) < 4.78 is 0. The number of hydrogen-bond acceptors (Lipinski definition) is 2. The molecule has 0 aliphatic heterocycles. The van der Waals surface area contributed by atoms with Crippen molar-refractivity contribution >= 4 is 23.2 Å². The third-order valence-electron chi connectivity index (χ3n) is 2.19. The number of aliphatic hydroxyl groups is 1. The SMILES string of the molecule is C[C@@H](CO)NCCc1cccc(Cl)c1Cl. The number of rotatable bonds is 5. The summed E-state index contributed by atoms with van der Waals surface area (Å²) in [6.45, 7) is 2.85. The van der Waals surface area contributed by atoms with E-state index in [4.69, 9.17) is 28.3 Å². The lowest BCUT2D eigenvalue weighted by molar-refractivity contribution is 0.252. The van der Waals surface area contributed by atoms with E-state index in [2.05, 4.69) is 5.32 Å². The van der Waals surface area contributed by atoms with Crippen molar-refractivity contribution in [2.45, 2.75) is 19.4 Å². The number of halogens is 2. The molecule has 1 aromatic carbocycles. The van der Waals surface area contributed by atoms with Gasteiger partial charge in [0.2, 0.25) is 0 Å². The van der Waals surface area contributed by atoms with Crippen molar-refractivity contribution in [2.24, 2.45) is 0 Å². The minimum absolute atomic E-state index is 0.114. The third-order valence-corrected chi connectivity index (χ3v) is 3.05. The van der Waals surface area contributed by atoms with Crippen LogP contribution in [-0.4, -0.2) is 24.3 Å². The summed E-state index contributed by atoms with van der Waals surface area (Å²) in [6, 6.07) is 5.73. The summed E-state index contributed by atoms with van der Waals surface area (Å²) in [6.07, 6.45) is 0.809. The van der Waals surface area contributed by atoms with E-state index in [1.54, 1.807) is 6.07 Å². The van der Waals surface area contributed by atoms with Crippen LogP contribution in [0, 0.1) is 0 Å². The van der Waals surface area contributed by atoms with Crippen LogP contribution in [0.2, 0.25) is 10.0 Å². The zero-order valence-corrected chi connectivity index (χ0v) is 10.1. The summed E-state index contributed by atoms with van der Waals surface area (Å²) in [5, 5.41) is 13.2. The molecule has 1 atom stereocenters.